The van der Waals surface area contributed by atoms with Crippen LogP contribution < -0.4 is 14.8 Å². The molecule has 0 radical (unpaired) electrons. The topological polar surface area (TPSA) is 39.7 Å². The molecule has 5 heteroatoms. The van der Waals surface area contributed by atoms with Gasteiger partial charge in [-0.25, -0.2) is 0 Å². The van der Waals surface area contributed by atoms with Gasteiger partial charge in [0, 0.05) is 18.1 Å². The summed E-state index contributed by atoms with van der Waals surface area (Å²) in [5.41, 5.74) is 1.25. The molecule has 0 aliphatic rings. The zero-order valence-electron chi connectivity index (χ0n) is 12.5. The average Bonchev–Trinajstić information content (AvgIpc) is 2.47. The molecular weight excluding hydrogens is 322 g/mol. The number of aryl methyl sites for hydroxylation is 1. The Balaban J connectivity index is 2.40. The molecule has 1 aromatic rings. The smallest absolute Gasteiger partial charge is 0.161 e. The summed E-state index contributed by atoms with van der Waals surface area (Å²) in [5.74, 6) is 1.54. The van der Waals surface area contributed by atoms with E-state index in [4.69, 9.17) is 14.2 Å². The van der Waals surface area contributed by atoms with Gasteiger partial charge in [-0.3, -0.25) is 0 Å². The second kappa shape index (κ2) is 10.0. The number of rotatable bonds is 10. The molecule has 0 bridgehead atoms. The zero-order valence-corrected chi connectivity index (χ0v) is 14.1. The van der Waals surface area contributed by atoms with Gasteiger partial charge in [-0.15, -0.1) is 0 Å². The van der Waals surface area contributed by atoms with Crippen LogP contribution in [-0.4, -0.2) is 41.0 Å². The van der Waals surface area contributed by atoms with E-state index in [9.17, 15) is 0 Å². The Kier molecular flexibility index (Phi) is 8.65. The van der Waals surface area contributed by atoms with Crippen LogP contribution in [0, 0.1) is 0 Å². The lowest BCUT2D eigenvalue weighted by molar-refractivity contribution is 0.199. The standard InChI is InChI=1S/C15H24BrNO3/c1-18-9-8-17-7-5-4-6-12-10-14(19-2)15(20-3)11-13(12)16/h10-11,17H,4-9H2,1-3H3. The van der Waals surface area contributed by atoms with E-state index in [1.54, 1.807) is 21.3 Å². The molecule has 4 nitrogen and oxygen atoms in total. The molecule has 0 aromatic heterocycles. The van der Waals surface area contributed by atoms with E-state index in [-0.39, 0.29) is 0 Å². The van der Waals surface area contributed by atoms with Gasteiger partial charge >= 0.3 is 0 Å². The van der Waals surface area contributed by atoms with Crippen molar-refractivity contribution in [3.8, 4) is 11.5 Å². The molecule has 0 saturated heterocycles. The lowest BCUT2D eigenvalue weighted by Gasteiger charge is -2.12. The largest absolute Gasteiger partial charge is 0.493 e. The molecule has 0 atom stereocenters. The minimum Gasteiger partial charge on any atom is -0.493 e. The Morgan fingerprint density at radius 3 is 2.35 bits per heavy atom. The average molecular weight is 346 g/mol. The fourth-order valence-corrected chi connectivity index (χ4v) is 2.47. The van der Waals surface area contributed by atoms with Crippen LogP contribution in [0.25, 0.3) is 0 Å². The maximum Gasteiger partial charge on any atom is 0.161 e. The molecule has 114 valence electrons. The van der Waals surface area contributed by atoms with Crippen molar-refractivity contribution in [2.24, 2.45) is 0 Å². The minimum atomic E-state index is 0.754. The van der Waals surface area contributed by atoms with Gasteiger partial charge in [0.1, 0.15) is 0 Å². The Morgan fingerprint density at radius 1 is 1.00 bits per heavy atom. The van der Waals surface area contributed by atoms with Crippen molar-refractivity contribution >= 4 is 15.9 Å². The second-order valence-corrected chi connectivity index (χ2v) is 5.35. The number of unbranched alkanes of at least 4 members (excludes halogenated alkanes) is 1. The molecule has 20 heavy (non-hydrogen) atoms. The first kappa shape index (κ1) is 17.3. The molecule has 1 aromatic carbocycles. The lowest BCUT2D eigenvalue weighted by atomic mass is 10.1. The molecule has 0 saturated carbocycles. The third-order valence-electron chi connectivity index (χ3n) is 3.09. The van der Waals surface area contributed by atoms with E-state index in [2.05, 4.69) is 21.2 Å². The SMILES string of the molecule is COCCNCCCCc1cc(OC)c(OC)cc1Br. The summed E-state index contributed by atoms with van der Waals surface area (Å²) in [6.07, 6.45) is 3.30. The van der Waals surface area contributed by atoms with Crippen molar-refractivity contribution in [3.63, 3.8) is 0 Å². The molecule has 1 rings (SSSR count). The van der Waals surface area contributed by atoms with Crippen molar-refractivity contribution in [2.45, 2.75) is 19.3 Å². The van der Waals surface area contributed by atoms with Crippen LogP contribution in [0.3, 0.4) is 0 Å². The van der Waals surface area contributed by atoms with Crippen molar-refractivity contribution in [1.82, 2.24) is 5.32 Å². The molecule has 0 spiro atoms. The first-order valence-electron chi connectivity index (χ1n) is 6.83. The maximum absolute atomic E-state index is 5.33. The van der Waals surface area contributed by atoms with Crippen molar-refractivity contribution in [3.05, 3.63) is 22.2 Å². The summed E-state index contributed by atoms with van der Waals surface area (Å²) in [6.45, 7) is 2.70. The quantitative estimate of drug-likeness (QED) is 0.661. The molecule has 0 aliphatic carbocycles. The molecule has 0 fully saturated rings. The first-order valence-corrected chi connectivity index (χ1v) is 7.62. The highest BCUT2D eigenvalue weighted by Gasteiger charge is 2.09. The van der Waals surface area contributed by atoms with Gasteiger partial charge < -0.3 is 19.5 Å². The van der Waals surface area contributed by atoms with Crippen LogP contribution >= 0.6 is 15.9 Å². The molecule has 0 aliphatic heterocycles. The summed E-state index contributed by atoms with van der Waals surface area (Å²) in [6, 6.07) is 4.01. The monoisotopic (exact) mass is 345 g/mol. The van der Waals surface area contributed by atoms with Crippen LogP contribution in [0.5, 0.6) is 11.5 Å². The molecule has 0 heterocycles. The molecular formula is C15H24BrNO3. The van der Waals surface area contributed by atoms with Crippen molar-refractivity contribution < 1.29 is 14.2 Å². The van der Waals surface area contributed by atoms with E-state index in [1.807, 2.05) is 12.1 Å². The van der Waals surface area contributed by atoms with Gasteiger partial charge in [0.2, 0.25) is 0 Å². The Hall–Kier alpha value is -0.780. The number of nitrogens with one attached hydrogen (secondary N) is 1. The Labute approximate surface area is 129 Å². The lowest BCUT2D eigenvalue weighted by Crippen LogP contribution is -2.20. The summed E-state index contributed by atoms with van der Waals surface area (Å²) < 4.78 is 16.7. The number of hydrogen-bond acceptors (Lipinski definition) is 4. The van der Waals surface area contributed by atoms with E-state index in [1.165, 1.54) is 5.56 Å². The number of methoxy groups -OCH3 is 3. The van der Waals surface area contributed by atoms with Gasteiger partial charge in [-0.2, -0.15) is 0 Å². The Morgan fingerprint density at radius 2 is 1.70 bits per heavy atom. The predicted molar refractivity (Wildman–Crippen MR) is 84.9 cm³/mol. The van der Waals surface area contributed by atoms with Crippen LogP contribution in [-0.2, 0) is 11.2 Å². The van der Waals surface area contributed by atoms with E-state index in [0.29, 0.717) is 0 Å². The molecule has 0 unspecified atom stereocenters. The summed E-state index contributed by atoms with van der Waals surface area (Å²) in [5, 5.41) is 3.35. The molecule has 0 amide bonds. The van der Waals surface area contributed by atoms with Gasteiger partial charge in [0.15, 0.2) is 11.5 Å². The minimum absolute atomic E-state index is 0.754. The van der Waals surface area contributed by atoms with Crippen LogP contribution in [0.15, 0.2) is 16.6 Å². The summed E-state index contributed by atoms with van der Waals surface area (Å²) in [4.78, 5) is 0. The van der Waals surface area contributed by atoms with Gasteiger partial charge in [0.05, 0.1) is 20.8 Å². The summed E-state index contributed by atoms with van der Waals surface area (Å²) in [7, 11) is 5.03. The fraction of sp³-hybridized carbons (Fsp3) is 0.600. The second-order valence-electron chi connectivity index (χ2n) is 4.50. The zero-order chi connectivity index (χ0) is 14.8. The third-order valence-corrected chi connectivity index (χ3v) is 3.82. The number of benzene rings is 1. The fourth-order valence-electron chi connectivity index (χ4n) is 1.95. The van der Waals surface area contributed by atoms with Crippen molar-refractivity contribution in [2.75, 3.05) is 41.0 Å². The number of halogens is 1. The van der Waals surface area contributed by atoms with Gasteiger partial charge in [-0.05, 0) is 43.5 Å². The van der Waals surface area contributed by atoms with E-state index >= 15 is 0 Å². The molecule has 1 N–H and O–H groups in total. The van der Waals surface area contributed by atoms with E-state index < -0.39 is 0 Å². The van der Waals surface area contributed by atoms with Crippen LogP contribution in [0.2, 0.25) is 0 Å². The van der Waals surface area contributed by atoms with Crippen LogP contribution in [0.1, 0.15) is 18.4 Å². The summed E-state index contributed by atoms with van der Waals surface area (Å²) >= 11 is 3.59. The van der Waals surface area contributed by atoms with Crippen LogP contribution in [0.4, 0.5) is 0 Å². The predicted octanol–water partition coefficient (Wildman–Crippen LogP) is 3.03. The highest BCUT2D eigenvalue weighted by Crippen LogP contribution is 2.33. The highest BCUT2D eigenvalue weighted by molar-refractivity contribution is 9.10. The third kappa shape index (κ3) is 5.69. The van der Waals surface area contributed by atoms with E-state index in [0.717, 1.165) is 54.9 Å². The number of hydrogen-bond donors (Lipinski definition) is 1. The van der Waals surface area contributed by atoms with Gasteiger partial charge in [0.25, 0.3) is 0 Å². The van der Waals surface area contributed by atoms with Gasteiger partial charge in [-0.1, -0.05) is 15.9 Å². The first-order chi connectivity index (χ1) is 9.72. The normalized spacial score (nSPS) is 10.6. The number of ether oxygens (including phenoxy) is 3. The maximum atomic E-state index is 5.33. The highest BCUT2D eigenvalue weighted by atomic mass is 79.9. The Bertz CT molecular complexity index is 399. The van der Waals surface area contributed by atoms with Crippen molar-refractivity contribution in [1.29, 1.82) is 0 Å².